The zero-order chi connectivity index (χ0) is 13.5. The average Bonchev–Trinajstić information content (AvgIpc) is 2.99. The number of para-hydroxylation sites is 1. The Morgan fingerprint density at radius 2 is 2.25 bits per heavy atom. The molecule has 0 unspecified atom stereocenters. The topological polar surface area (TPSA) is 55.3 Å². The maximum Gasteiger partial charge on any atom is 0.299 e. The Bertz CT molecular complexity index is 731. The van der Waals surface area contributed by atoms with E-state index in [0.717, 1.165) is 17.6 Å². The smallest absolute Gasteiger partial charge is 0.299 e. The molecular weight excluding hydrogens is 270 g/mol. The quantitative estimate of drug-likeness (QED) is 0.744. The Morgan fingerprint density at radius 3 is 2.95 bits per heavy atom. The number of nitrogens with two attached hydrogens (primary N) is 1. The van der Waals surface area contributed by atoms with E-state index in [2.05, 4.69) is 26.7 Å². The second-order valence-corrected chi connectivity index (χ2v) is 5.96. The maximum atomic E-state index is 5.96. The van der Waals surface area contributed by atoms with Gasteiger partial charge in [0.15, 0.2) is 5.58 Å². The molecule has 1 fully saturated rings. The van der Waals surface area contributed by atoms with Gasteiger partial charge in [-0.2, -0.15) is 16.3 Å². The van der Waals surface area contributed by atoms with Gasteiger partial charge in [-0.1, -0.05) is 6.07 Å². The number of nitrogen functional groups attached to an aromatic ring is 1. The zero-order valence-electron chi connectivity index (χ0n) is 11.0. The lowest BCUT2D eigenvalue weighted by molar-refractivity contribution is 0.562. The second kappa shape index (κ2) is 4.52. The number of hydrogen-bond acceptors (Lipinski definition) is 5. The number of hydrogen-bond donors (Lipinski definition) is 1. The van der Waals surface area contributed by atoms with Gasteiger partial charge in [0.2, 0.25) is 0 Å². The minimum Gasteiger partial charge on any atom is -0.423 e. The Labute approximate surface area is 120 Å². The van der Waals surface area contributed by atoms with E-state index in [1.165, 1.54) is 18.4 Å². The summed E-state index contributed by atoms with van der Waals surface area (Å²) in [6, 6.07) is 9.05. The summed E-state index contributed by atoms with van der Waals surface area (Å²) in [7, 11) is 0. The van der Waals surface area contributed by atoms with Crippen LogP contribution in [-0.2, 0) is 6.54 Å². The molecule has 0 amide bonds. The van der Waals surface area contributed by atoms with E-state index in [4.69, 9.17) is 10.2 Å². The highest BCUT2D eigenvalue weighted by molar-refractivity contribution is 7.07. The van der Waals surface area contributed by atoms with E-state index in [1.807, 2.05) is 18.2 Å². The Balaban J connectivity index is 1.72. The van der Waals surface area contributed by atoms with Crippen molar-refractivity contribution in [3.63, 3.8) is 0 Å². The number of nitrogens with zero attached hydrogens (tertiary/aromatic N) is 2. The van der Waals surface area contributed by atoms with Crippen molar-refractivity contribution < 1.29 is 4.42 Å². The molecule has 0 atom stereocenters. The highest BCUT2D eigenvalue weighted by Gasteiger charge is 2.32. The predicted octanol–water partition coefficient (Wildman–Crippen LogP) is 3.64. The van der Waals surface area contributed by atoms with Crippen LogP contribution in [0.25, 0.3) is 11.1 Å². The fourth-order valence-electron chi connectivity index (χ4n) is 2.40. The first-order valence-corrected chi connectivity index (χ1v) is 7.68. The molecular formula is C15H15N3OS. The fourth-order valence-corrected chi connectivity index (χ4v) is 3.06. The molecule has 2 aromatic heterocycles. The lowest BCUT2D eigenvalue weighted by atomic mass is 10.3. The van der Waals surface area contributed by atoms with Crippen molar-refractivity contribution in [1.82, 2.24) is 4.98 Å². The molecule has 4 nitrogen and oxygen atoms in total. The van der Waals surface area contributed by atoms with Crippen molar-refractivity contribution in [2.24, 2.45) is 0 Å². The molecule has 0 spiro atoms. The molecule has 0 radical (unpaired) electrons. The van der Waals surface area contributed by atoms with Gasteiger partial charge in [-0.05, 0) is 47.4 Å². The minimum atomic E-state index is 0.546. The molecule has 1 saturated carbocycles. The third-order valence-corrected chi connectivity index (χ3v) is 4.34. The van der Waals surface area contributed by atoms with Gasteiger partial charge in [0.25, 0.3) is 6.01 Å². The van der Waals surface area contributed by atoms with Crippen molar-refractivity contribution in [2.75, 3.05) is 10.6 Å². The van der Waals surface area contributed by atoms with Crippen molar-refractivity contribution in [2.45, 2.75) is 25.4 Å². The summed E-state index contributed by atoms with van der Waals surface area (Å²) in [5, 5.41) is 4.27. The summed E-state index contributed by atoms with van der Waals surface area (Å²) in [5.41, 5.74) is 9.45. The van der Waals surface area contributed by atoms with Crippen LogP contribution in [0, 0.1) is 0 Å². The van der Waals surface area contributed by atoms with Gasteiger partial charge in [0, 0.05) is 12.6 Å². The van der Waals surface area contributed by atoms with Crippen LogP contribution in [0.4, 0.5) is 11.7 Å². The van der Waals surface area contributed by atoms with E-state index in [9.17, 15) is 0 Å². The normalized spacial score (nSPS) is 14.8. The molecule has 1 aliphatic rings. The summed E-state index contributed by atoms with van der Waals surface area (Å²) in [6.45, 7) is 0.848. The minimum absolute atomic E-state index is 0.546. The van der Waals surface area contributed by atoms with Gasteiger partial charge in [0.05, 0.1) is 5.69 Å². The average molecular weight is 285 g/mol. The Kier molecular flexibility index (Phi) is 2.67. The van der Waals surface area contributed by atoms with Gasteiger partial charge in [-0.25, -0.2) is 0 Å². The van der Waals surface area contributed by atoms with Gasteiger partial charge in [0.1, 0.15) is 5.52 Å². The highest BCUT2D eigenvalue weighted by atomic mass is 32.1. The summed E-state index contributed by atoms with van der Waals surface area (Å²) >= 11 is 1.72. The molecule has 5 heteroatoms. The van der Waals surface area contributed by atoms with Crippen LogP contribution in [0.15, 0.2) is 39.4 Å². The van der Waals surface area contributed by atoms with E-state index in [1.54, 1.807) is 11.3 Å². The number of rotatable bonds is 4. The Hall–Kier alpha value is -2.01. The molecule has 20 heavy (non-hydrogen) atoms. The van der Waals surface area contributed by atoms with Crippen molar-refractivity contribution in [1.29, 1.82) is 0 Å². The number of thiophene rings is 1. The van der Waals surface area contributed by atoms with E-state index in [0.29, 0.717) is 17.7 Å². The number of anilines is 2. The van der Waals surface area contributed by atoms with Gasteiger partial charge in [-0.3, -0.25) is 0 Å². The molecule has 2 N–H and O–H groups in total. The van der Waals surface area contributed by atoms with Crippen LogP contribution in [-0.4, -0.2) is 11.0 Å². The van der Waals surface area contributed by atoms with Crippen LogP contribution in [0.5, 0.6) is 0 Å². The third-order valence-electron chi connectivity index (χ3n) is 3.61. The second-order valence-electron chi connectivity index (χ2n) is 5.18. The monoisotopic (exact) mass is 285 g/mol. The largest absolute Gasteiger partial charge is 0.423 e. The van der Waals surface area contributed by atoms with Crippen LogP contribution in [0.1, 0.15) is 18.4 Å². The summed E-state index contributed by atoms with van der Waals surface area (Å²) in [4.78, 5) is 6.84. The summed E-state index contributed by atoms with van der Waals surface area (Å²) in [6.07, 6.45) is 2.41. The van der Waals surface area contributed by atoms with E-state index >= 15 is 0 Å². The van der Waals surface area contributed by atoms with Crippen molar-refractivity contribution >= 4 is 34.1 Å². The highest BCUT2D eigenvalue weighted by Crippen LogP contribution is 2.35. The molecule has 1 aliphatic carbocycles. The lowest BCUT2D eigenvalue weighted by Gasteiger charge is -2.19. The predicted molar refractivity (Wildman–Crippen MR) is 81.9 cm³/mol. The van der Waals surface area contributed by atoms with Gasteiger partial charge < -0.3 is 15.1 Å². The first-order chi connectivity index (χ1) is 9.81. The molecule has 0 aliphatic heterocycles. The standard InChI is InChI=1S/C15H15N3OS/c16-12-2-1-3-13-14(12)17-15(19-13)18(11-4-5-11)8-10-6-7-20-9-10/h1-3,6-7,9,11H,4-5,8,16H2. The zero-order valence-corrected chi connectivity index (χ0v) is 11.8. The first-order valence-electron chi connectivity index (χ1n) is 6.74. The number of aromatic nitrogens is 1. The van der Waals surface area contributed by atoms with Crippen LogP contribution in [0.2, 0.25) is 0 Å². The van der Waals surface area contributed by atoms with Crippen LogP contribution < -0.4 is 10.6 Å². The molecule has 3 aromatic rings. The number of benzene rings is 1. The molecule has 4 rings (SSSR count). The van der Waals surface area contributed by atoms with E-state index in [-0.39, 0.29) is 0 Å². The summed E-state index contributed by atoms with van der Waals surface area (Å²) < 4.78 is 5.90. The number of oxazole rings is 1. The molecule has 0 bridgehead atoms. The molecule has 0 saturated heterocycles. The lowest BCUT2D eigenvalue weighted by Crippen LogP contribution is -2.24. The van der Waals surface area contributed by atoms with Gasteiger partial charge >= 0.3 is 0 Å². The van der Waals surface area contributed by atoms with Crippen molar-refractivity contribution in [3.05, 3.63) is 40.6 Å². The maximum absolute atomic E-state index is 5.96. The third kappa shape index (κ3) is 2.04. The molecule has 1 aromatic carbocycles. The first kappa shape index (κ1) is 11.8. The summed E-state index contributed by atoms with van der Waals surface area (Å²) in [5.74, 6) is 0. The van der Waals surface area contributed by atoms with E-state index < -0.39 is 0 Å². The van der Waals surface area contributed by atoms with Crippen molar-refractivity contribution in [3.8, 4) is 0 Å². The molecule has 102 valence electrons. The fraction of sp³-hybridized carbons (Fsp3) is 0.267. The van der Waals surface area contributed by atoms with Gasteiger partial charge in [-0.15, -0.1) is 0 Å². The van der Waals surface area contributed by atoms with Crippen LogP contribution in [0.3, 0.4) is 0 Å². The SMILES string of the molecule is Nc1cccc2oc(N(Cc3ccsc3)C3CC3)nc12. The molecule has 2 heterocycles. The number of fused-ring (bicyclic) bond motifs is 1. The van der Waals surface area contributed by atoms with Crippen LogP contribution >= 0.6 is 11.3 Å². The Morgan fingerprint density at radius 1 is 1.35 bits per heavy atom.